The third kappa shape index (κ3) is 6.00. The molecule has 7 nitrogen and oxygen atoms in total. The molecular weight excluding hydrogens is 282 g/mol. The van der Waals surface area contributed by atoms with E-state index >= 15 is 0 Å². The Balaban J connectivity index is 2.46. The van der Waals surface area contributed by atoms with E-state index in [0.29, 0.717) is 24.4 Å². The molecule has 0 spiro atoms. The zero-order valence-corrected chi connectivity index (χ0v) is 12.1. The summed E-state index contributed by atoms with van der Waals surface area (Å²) < 4.78 is 30.6. The molecule has 1 aromatic rings. The minimum absolute atomic E-state index is 0.259. The van der Waals surface area contributed by atoms with Crippen molar-refractivity contribution in [3.63, 3.8) is 0 Å². The van der Waals surface area contributed by atoms with Crippen molar-refractivity contribution >= 4 is 21.6 Å². The van der Waals surface area contributed by atoms with Crippen LogP contribution in [0.2, 0.25) is 0 Å². The molecule has 0 fully saturated rings. The molecule has 112 valence electrons. The Morgan fingerprint density at radius 3 is 2.70 bits per heavy atom. The van der Waals surface area contributed by atoms with Gasteiger partial charge in [0.05, 0.1) is 18.9 Å². The molecule has 1 rings (SSSR count). The van der Waals surface area contributed by atoms with Gasteiger partial charge in [0.1, 0.15) is 0 Å². The second-order valence-corrected chi connectivity index (χ2v) is 5.93. The summed E-state index contributed by atoms with van der Waals surface area (Å²) >= 11 is 0. The number of carbonyl (C=O) groups excluding carboxylic acids is 1. The Labute approximate surface area is 118 Å². The molecule has 4 N–H and O–H groups in total. The van der Waals surface area contributed by atoms with E-state index in [1.165, 1.54) is 7.11 Å². The van der Waals surface area contributed by atoms with Gasteiger partial charge >= 0.3 is 0 Å². The summed E-state index contributed by atoms with van der Waals surface area (Å²) in [5.41, 5.74) is 6.58. The zero-order valence-electron chi connectivity index (χ0n) is 11.3. The highest BCUT2D eigenvalue weighted by Crippen LogP contribution is 2.13. The normalized spacial score (nSPS) is 11.2. The van der Waals surface area contributed by atoms with Crippen LogP contribution < -0.4 is 15.8 Å². The van der Waals surface area contributed by atoms with E-state index in [1.54, 1.807) is 24.3 Å². The van der Waals surface area contributed by atoms with Crippen molar-refractivity contribution in [2.75, 3.05) is 32.5 Å². The lowest BCUT2D eigenvalue weighted by atomic mass is 10.2. The Kier molecular flexibility index (Phi) is 6.43. The maximum Gasteiger partial charge on any atom is 0.235 e. The Hall–Kier alpha value is -1.64. The van der Waals surface area contributed by atoms with E-state index in [2.05, 4.69) is 10.0 Å². The molecule has 1 amide bonds. The number of carbonyl (C=O) groups is 1. The minimum atomic E-state index is -3.60. The van der Waals surface area contributed by atoms with Crippen molar-refractivity contribution in [2.45, 2.75) is 5.75 Å². The number of ether oxygens (including phenoxy) is 1. The predicted octanol–water partition coefficient (Wildman–Crippen LogP) is -0.549. The number of nitrogen functional groups attached to an aromatic ring is 1. The van der Waals surface area contributed by atoms with Crippen LogP contribution in [0.4, 0.5) is 5.69 Å². The number of nitrogens with one attached hydrogen (secondary N) is 2. The van der Waals surface area contributed by atoms with Crippen LogP contribution in [0.5, 0.6) is 0 Å². The monoisotopic (exact) mass is 301 g/mol. The Morgan fingerprint density at radius 2 is 2.05 bits per heavy atom. The van der Waals surface area contributed by atoms with E-state index in [0.717, 1.165) is 0 Å². The zero-order chi connectivity index (χ0) is 15.0. The first-order chi connectivity index (χ1) is 9.44. The maximum absolute atomic E-state index is 11.8. The third-order valence-corrected chi connectivity index (χ3v) is 3.76. The number of benzene rings is 1. The van der Waals surface area contributed by atoms with Crippen LogP contribution in [0.25, 0.3) is 0 Å². The van der Waals surface area contributed by atoms with E-state index in [9.17, 15) is 13.2 Å². The van der Waals surface area contributed by atoms with Gasteiger partial charge in [0, 0.05) is 19.3 Å². The van der Waals surface area contributed by atoms with Gasteiger partial charge in [-0.1, -0.05) is 18.2 Å². The molecule has 0 aliphatic rings. The SMILES string of the molecule is COCCNC(=O)CNS(=O)(=O)Cc1ccccc1N. The van der Waals surface area contributed by atoms with E-state index in [4.69, 9.17) is 10.5 Å². The first kappa shape index (κ1) is 16.4. The predicted molar refractivity (Wildman–Crippen MR) is 76.4 cm³/mol. The smallest absolute Gasteiger partial charge is 0.235 e. The highest BCUT2D eigenvalue weighted by Gasteiger charge is 2.14. The second kappa shape index (κ2) is 7.83. The van der Waals surface area contributed by atoms with Gasteiger partial charge < -0.3 is 15.8 Å². The van der Waals surface area contributed by atoms with Gasteiger partial charge in [-0.05, 0) is 11.6 Å². The summed E-state index contributed by atoms with van der Waals surface area (Å²) in [6, 6.07) is 6.69. The molecule has 8 heteroatoms. The van der Waals surface area contributed by atoms with Crippen molar-refractivity contribution in [1.29, 1.82) is 0 Å². The molecule has 0 saturated heterocycles. The molecule has 0 unspecified atom stereocenters. The largest absolute Gasteiger partial charge is 0.398 e. The van der Waals surface area contributed by atoms with E-state index in [1.807, 2.05) is 0 Å². The van der Waals surface area contributed by atoms with Crippen molar-refractivity contribution in [3.05, 3.63) is 29.8 Å². The number of sulfonamides is 1. The molecule has 0 bridgehead atoms. The lowest BCUT2D eigenvalue weighted by molar-refractivity contribution is -0.120. The molecule has 0 atom stereocenters. The summed E-state index contributed by atoms with van der Waals surface area (Å²) in [6.07, 6.45) is 0. The molecule has 0 heterocycles. The Morgan fingerprint density at radius 1 is 1.35 bits per heavy atom. The summed E-state index contributed by atoms with van der Waals surface area (Å²) in [4.78, 5) is 11.4. The molecule has 0 aromatic heterocycles. The lowest BCUT2D eigenvalue weighted by Crippen LogP contribution is -2.38. The number of methoxy groups -OCH3 is 1. The first-order valence-corrected chi connectivity index (χ1v) is 7.66. The summed E-state index contributed by atoms with van der Waals surface area (Å²) in [5, 5.41) is 2.52. The highest BCUT2D eigenvalue weighted by molar-refractivity contribution is 7.88. The van der Waals surface area contributed by atoms with Crippen LogP contribution >= 0.6 is 0 Å². The van der Waals surface area contributed by atoms with Gasteiger partial charge in [-0.3, -0.25) is 4.79 Å². The molecule has 1 aromatic carbocycles. The van der Waals surface area contributed by atoms with Crippen molar-refractivity contribution in [1.82, 2.24) is 10.0 Å². The standard InChI is InChI=1S/C12H19N3O4S/c1-19-7-6-14-12(16)8-15-20(17,18)9-10-4-2-3-5-11(10)13/h2-5,15H,6-9,13H2,1H3,(H,14,16). The van der Waals surface area contributed by atoms with Gasteiger partial charge in [0.25, 0.3) is 0 Å². The molecular formula is C12H19N3O4S. The summed E-state index contributed by atoms with van der Waals surface area (Å²) in [6.45, 7) is 0.403. The van der Waals surface area contributed by atoms with Gasteiger partial charge in [-0.25, -0.2) is 13.1 Å². The number of para-hydroxylation sites is 1. The fraction of sp³-hybridized carbons (Fsp3) is 0.417. The van der Waals surface area contributed by atoms with Crippen LogP contribution in [-0.2, 0) is 25.3 Å². The summed E-state index contributed by atoms with van der Waals surface area (Å²) in [7, 11) is -2.09. The number of hydrogen-bond donors (Lipinski definition) is 3. The number of anilines is 1. The average molecular weight is 301 g/mol. The second-order valence-electron chi connectivity index (χ2n) is 4.12. The van der Waals surface area contributed by atoms with Crippen molar-refractivity contribution in [3.8, 4) is 0 Å². The number of rotatable bonds is 8. The van der Waals surface area contributed by atoms with Crippen LogP contribution in [0, 0.1) is 0 Å². The molecule has 20 heavy (non-hydrogen) atoms. The van der Waals surface area contributed by atoms with Gasteiger partial charge in [-0.15, -0.1) is 0 Å². The van der Waals surface area contributed by atoms with Gasteiger partial charge in [-0.2, -0.15) is 0 Å². The van der Waals surface area contributed by atoms with Crippen LogP contribution in [0.15, 0.2) is 24.3 Å². The number of hydrogen-bond acceptors (Lipinski definition) is 5. The Bertz CT molecular complexity index is 545. The molecule has 0 aliphatic heterocycles. The number of nitrogens with two attached hydrogens (primary N) is 1. The fourth-order valence-electron chi connectivity index (χ4n) is 1.45. The maximum atomic E-state index is 11.8. The molecule has 0 aliphatic carbocycles. The molecule has 0 saturated carbocycles. The van der Waals surface area contributed by atoms with E-state index in [-0.39, 0.29) is 12.3 Å². The van der Waals surface area contributed by atoms with Crippen LogP contribution in [-0.4, -0.2) is 41.1 Å². The highest BCUT2D eigenvalue weighted by atomic mass is 32.2. The van der Waals surface area contributed by atoms with Crippen molar-refractivity contribution < 1.29 is 17.9 Å². The third-order valence-electron chi connectivity index (χ3n) is 2.48. The quantitative estimate of drug-likeness (QED) is 0.441. The molecule has 0 radical (unpaired) electrons. The van der Waals surface area contributed by atoms with Crippen molar-refractivity contribution in [2.24, 2.45) is 0 Å². The van der Waals surface area contributed by atoms with Crippen LogP contribution in [0.3, 0.4) is 0 Å². The van der Waals surface area contributed by atoms with Crippen LogP contribution in [0.1, 0.15) is 5.56 Å². The fourth-order valence-corrected chi connectivity index (χ4v) is 2.58. The van der Waals surface area contributed by atoms with Gasteiger partial charge in [0.2, 0.25) is 15.9 Å². The first-order valence-electron chi connectivity index (χ1n) is 6.01. The number of amides is 1. The van der Waals surface area contributed by atoms with E-state index < -0.39 is 15.9 Å². The average Bonchev–Trinajstić information content (AvgIpc) is 2.39. The minimum Gasteiger partial charge on any atom is -0.398 e. The lowest BCUT2D eigenvalue weighted by Gasteiger charge is -2.09. The summed E-state index contributed by atoms with van der Waals surface area (Å²) in [5.74, 6) is -0.669. The topological polar surface area (TPSA) is 111 Å². The van der Waals surface area contributed by atoms with Gasteiger partial charge in [0.15, 0.2) is 0 Å².